The fourth-order valence-corrected chi connectivity index (χ4v) is 4.35. The first-order valence-corrected chi connectivity index (χ1v) is 10.3. The van der Waals surface area contributed by atoms with Gasteiger partial charge in [0.05, 0.1) is 17.8 Å². The lowest BCUT2D eigenvalue weighted by Gasteiger charge is -2.29. The van der Waals surface area contributed by atoms with E-state index in [4.69, 9.17) is 12.2 Å². The molecular weight excluding hydrogens is 390 g/mol. The summed E-state index contributed by atoms with van der Waals surface area (Å²) in [7, 11) is 0. The van der Waals surface area contributed by atoms with Gasteiger partial charge < -0.3 is 14.8 Å². The van der Waals surface area contributed by atoms with Gasteiger partial charge in [0, 0.05) is 42.7 Å². The van der Waals surface area contributed by atoms with E-state index < -0.39 is 0 Å². The Kier molecular flexibility index (Phi) is 4.99. The Morgan fingerprint density at radius 1 is 0.900 bits per heavy atom. The molecule has 5 nitrogen and oxygen atoms in total. The number of pyridine rings is 2. The van der Waals surface area contributed by atoms with Crippen molar-refractivity contribution in [3.8, 4) is 5.69 Å². The first kappa shape index (κ1) is 18.5. The molecule has 1 aromatic carbocycles. The van der Waals surface area contributed by atoms with Crippen molar-refractivity contribution in [1.29, 1.82) is 0 Å². The van der Waals surface area contributed by atoms with Crippen LogP contribution in [-0.4, -0.2) is 24.5 Å². The molecule has 0 aliphatic carbocycles. The molecule has 4 aromatic rings. The van der Waals surface area contributed by atoms with Gasteiger partial charge >= 0.3 is 0 Å². The summed E-state index contributed by atoms with van der Waals surface area (Å²) in [6, 6.07) is 24.6. The van der Waals surface area contributed by atoms with Crippen molar-refractivity contribution >= 4 is 17.3 Å². The second-order valence-electron chi connectivity index (χ2n) is 7.25. The van der Waals surface area contributed by atoms with E-state index in [0.717, 1.165) is 27.8 Å². The summed E-state index contributed by atoms with van der Waals surface area (Å²) in [5.74, 6) is 0. The number of nitrogens with zero attached hydrogens (tertiary/aromatic N) is 4. The zero-order valence-electron chi connectivity index (χ0n) is 16.3. The first-order chi connectivity index (χ1) is 14.8. The van der Waals surface area contributed by atoms with Crippen molar-refractivity contribution < 1.29 is 0 Å². The van der Waals surface area contributed by atoms with Gasteiger partial charge in [0.25, 0.3) is 0 Å². The molecular formula is C24H21N5S. The van der Waals surface area contributed by atoms with Gasteiger partial charge in [-0.3, -0.25) is 9.97 Å². The van der Waals surface area contributed by atoms with E-state index in [0.29, 0.717) is 6.54 Å². The quantitative estimate of drug-likeness (QED) is 0.492. The van der Waals surface area contributed by atoms with Crippen LogP contribution in [0.25, 0.3) is 5.69 Å². The molecule has 30 heavy (non-hydrogen) atoms. The van der Waals surface area contributed by atoms with Gasteiger partial charge in [-0.1, -0.05) is 30.3 Å². The van der Waals surface area contributed by atoms with Crippen molar-refractivity contribution in [2.24, 2.45) is 0 Å². The number of hydrogen-bond donors (Lipinski definition) is 1. The molecule has 2 unspecified atom stereocenters. The number of thiocarbonyl (C=S) groups is 1. The second-order valence-corrected chi connectivity index (χ2v) is 7.64. The van der Waals surface area contributed by atoms with Crippen LogP contribution in [0.4, 0.5) is 0 Å². The Morgan fingerprint density at radius 2 is 1.77 bits per heavy atom. The predicted octanol–water partition coefficient (Wildman–Crippen LogP) is 4.44. The summed E-state index contributed by atoms with van der Waals surface area (Å²) in [5, 5.41) is 4.24. The van der Waals surface area contributed by atoms with Gasteiger partial charge in [0.1, 0.15) is 0 Å². The molecule has 6 heteroatoms. The summed E-state index contributed by atoms with van der Waals surface area (Å²) in [6.07, 6.45) is 7.61. The highest BCUT2D eigenvalue weighted by atomic mass is 32.1. The van der Waals surface area contributed by atoms with E-state index in [-0.39, 0.29) is 12.1 Å². The molecule has 0 amide bonds. The number of benzene rings is 1. The summed E-state index contributed by atoms with van der Waals surface area (Å²) >= 11 is 5.79. The maximum absolute atomic E-state index is 5.79. The molecule has 2 atom stereocenters. The smallest absolute Gasteiger partial charge is 0.170 e. The summed E-state index contributed by atoms with van der Waals surface area (Å²) in [5.41, 5.74) is 4.37. The molecule has 1 N–H and O–H groups in total. The SMILES string of the molecule is S=C1NC(c2ccccn2)C(c2cccn2-c2ccccc2)N1Cc1cccnc1. The molecule has 4 heterocycles. The summed E-state index contributed by atoms with van der Waals surface area (Å²) in [4.78, 5) is 11.1. The van der Waals surface area contributed by atoms with Crippen LogP contribution in [0.15, 0.2) is 97.6 Å². The lowest BCUT2D eigenvalue weighted by atomic mass is 10.0. The highest BCUT2D eigenvalue weighted by Gasteiger charge is 2.41. The second kappa shape index (κ2) is 8.08. The van der Waals surface area contributed by atoms with Crippen LogP contribution in [0.2, 0.25) is 0 Å². The molecule has 0 saturated carbocycles. The molecule has 148 valence electrons. The molecule has 1 aliphatic rings. The van der Waals surface area contributed by atoms with E-state index in [1.807, 2.05) is 36.7 Å². The normalized spacial score (nSPS) is 18.4. The number of hydrogen-bond acceptors (Lipinski definition) is 3. The first-order valence-electron chi connectivity index (χ1n) is 9.91. The standard InChI is InChI=1S/C24H21N5S/c30-24-27-22(20-11-4-5-14-26-20)23(29(24)17-18-8-6-13-25-16-18)21-12-7-15-28(21)19-9-2-1-3-10-19/h1-16,22-23H,17H2,(H,27,30). The fourth-order valence-electron chi connectivity index (χ4n) is 4.04. The van der Waals surface area contributed by atoms with Crippen LogP contribution in [0.3, 0.4) is 0 Å². The average molecular weight is 412 g/mol. The van der Waals surface area contributed by atoms with E-state index in [1.165, 1.54) is 0 Å². The molecule has 1 fully saturated rings. The molecule has 3 aromatic heterocycles. The molecule has 0 radical (unpaired) electrons. The molecule has 1 aliphatic heterocycles. The predicted molar refractivity (Wildman–Crippen MR) is 121 cm³/mol. The monoisotopic (exact) mass is 411 g/mol. The third-order valence-electron chi connectivity index (χ3n) is 5.39. The van der Waals surface area contributed by atoms with Crippen molar-refractivity contribution in [1.82, 2.24) is 24.8 Å². The highest BCUT2D eigenvalue weighted by molar-refractivity contribution is 7.80. The molecule has 0 spiro atoms. The number of para-hydroxylation sites is 1. The minimum atomic E-state index is -0.0484. The molecule has 1 saturated heterocycles. The van der Waals surface area contributed by atoms with Crippen LogP contribution in [0.5, 0.6) is 0 Å². The Labute approximate surface area is 181 Å². The minimum absolute atomic E-state index is 0.0113. The zero-order chi connectivity index (χ0) is 20.3. The van der Waals surface area contributed by atoms with E-state index >= 15 is 0 Å². The maximum atomic E-state index is 5.79. The minimum Gasteiger partial charge on any atom is -0.352 e. The van der Waals surface area contributed by atoms with Gasteiger partial charge in [-0.2, -0.15) is 0 Å². The lowest BCUT2D eigenvalue weighted by Crippen LogP contribution is -2.30. The van der Waals surface area contributed by atoms with Crippen LogP contribution in [0.1, 0.15) is 29.0 Å². The third-order valence-corrected chi connectivity index (χ3v) is 5.74. The van der Waals surface area contributed by atoms with Crippen molar-refractivity contribution in [3.05, 3.63) is 115 Å². The fraction of sp³-hybridized carbons (Fsp3) is 0.125. The Balaban J connectivity index is 1.60. The van der Waals surface area contributed by atoms with Gasteiger partial charge in [-0.25, -0.2) is 0 Å². The van der Waals surface area contributed by atoms with E-state index in [2.05, 4.69) is 79.5 Å². The largest absolute Gasteiger partial charge is 0.352 e. The topological polar surface area (TPSA) is 46.0 Å². The average Bonchev–Trinajstić information content (AvgIpc) is 3.40. The summed E-state index contributed by atoms with van der Waals surface area (Å²) in [6.45, 7) is 0.674. The van der Waals surface area contributed by atoms with Crippen molar-refractivity contribution in [3.63, 3.8) is 0 Å². The van der Waals surface area contributed by atoms with Gasteiger partial charge in [-0.05, 0) is 60.2 Å². The highest BCUT2D eigenvalue weighted by Crippen LogP contribution is 2.40. The van der Waals surface area contributed by atoms with Crippen LogP contribution < -0.4 is 5.32 Å². The maximum Gasteiger partial charge on any atom is 0.170 e. The Bertz CT molecular complexity index is 1130. The van der Waals surface area contributed by atoms with Crippen LogP contribution in [-0.2, 0) is 6.54 Å². The number of nitrogens with one attached hydrogen (secondary N) is 1. The summed E-state index contributed by atoms with van der Waals surface area (Å²) < 4.78 is 2.23. The number of rotatable bonds is 5. The van der Waals surface area contributed by atoms with Crippen molar-refractivity contribution in [2.75, 3.05) is 0 Å². The third kappa shape index (κ3) is 3.46. The van der Waals surface area contributed by atoms with Gasteiger partial charge in [-0.15, -0.1) is 0 Å². The lowest BCUT2D eigenvalue weighted by molar-refractivity contribution is 0.302. The van der Waals surface area contributed by atoms with Crippen LogP contribution in [0, 0.1) is 0 Å². The molecule has 5 rings (SSSR count). The van der Waals surface area contributed by atoms with Crippen LogP contribution >= 0.6 is 12.2 Å². The molecule has 0 bridgehead atoms. The van der Waals surface area contributed by atoms with Gasteiger partial charge in [0.2, 0.25) is 0 Å². The Hall–Kier alpha value is -3.51. The van der Waals surface area contributed by atoms with E-state index in [1.54, 1.807) is 6.20 Å². The van der Waals surface area contributed by atoms with Crippen molar-refractivity contribution in [2.45, 2.75) is 18.6 Å². The Morgan fingerprint density at radius 3 is 2.53 bits per heavy atom. The zero-order valence-corrected chi connectivity index (χ0v) is 17.1. The number of aromatic nitrogens is 3. The van der Waals surface area contributed by atoms with Gasteiger partial charge in [0.15, 0.2) is 5.11 Å². The van der Waals surface area contributed by atoms with E-state index in [9.17, 15) is 0 Å².